The Morgan fingerprint density at radius 1 is 1.13 bits per heavy atom. The molecule has 2 aromatic rings. The van der Waals surface area contributed by atoms with E-state index in [0.29, 0.717) is 62.4 Å². The van der Waals surface area contributed by atoms with Gasteiger partial charge in [-0.15, -0.1) is 0 Å². The number of halogens is 3. The summed E-state index contributed by atoms with van der Waals surface area (Å²) in [6.07, 6.45) is 2.46. The lowest BCUT2D eigenvalue weighted by atomic mass is 9.88. The first-order chi connectivity index (χ1) is 14.4. The van der Waals surface area contributed by atoms with Crippen LogP contribution in [-0.4, -0.2) is 43.3 Å². The molecule has 2 aromatic carbocycles. The second-order valence-corrected chi connectivity index (χ2v) is 7.94. The van der Waals surface area contributed by atoms with Crippen LogP contribution < -0.4 is 9.47 Å². The number of nitrogens with zero attached hydrogens (tertiary/aromatic N) is 1. The number of benzene rings is 2. The number of carbonyl (C=O) groups excluding carboxylic acids is 1. The standard InChI is InChI=1S/C23H26ClF2NO3/c1-29-20-6-2-3-7-21(20)30-15-5-4-10-23(26)11-13-27(14-12-23)22(28)17-8-9-19(25)18(24)16-17/h2-3,6-9,16H,4-5,10-15H2,1H3. The van der Waals surface area contributed by atoms with E-state index in [2.05, 4.69) is 0 Å². The van der Waals surface area contributed by atoms with E-state index in [1.807, 2.05) is 24.3 Å². The molecule has 1 aliphatic heterocycles. The van der Waals surface area contributed by atoms with Gasteiger partial charge in [0.05, 0.1) is 18.7 Å². The van der Waals surface area contributed by atoms with Gasteiger partial charge >= 0.3 is 0 Å². The summed E-state index contributed by atoms with van der Waals surface area (Å²) in [5, 5.41) is -0.0898. The Morgan fingerprint density at radius 2 is 1.83 bits per heavy atom. The maximum Gasteiger partial charge on any atom is 0.253 e. The first kappa shape index (κ1) is 22.3. The fourth-order valence-electron chi connectivity index (χ4n) is 3.64. The number of carbonyl (C=O) groups is 1. The molecule has 3 rings (SSSR count). The molecule has 4 nitrogen and oxygen atoms in total. The van der Waals surface area contributed by atoms with Gasteiger partial charge in [-0.25, -0.2) is 8.78 Å². The molecule has 1 fully saturated rings. The van der Waals surface area contributed by atoms with E-state index in [9.17, 15) is 9.18 Å². The van der Waals surface area contributed by atoms with Gasteiger partial charge in [0, 0.05) is 18.7 Å². The molecule has 0 N–H and O–H groups in total. The minimum absolute atomic E-state index is 0.0898. The fraction of sp³-hybridized carbons (Fsp3) is 0.435. The molecule has 0 unspecified atom stereocenters. The van der Waals surface area contributed by atoms with Crippen LogP contribution in [0.3, 0.4) is 0 Å². The molecular weight excluding hydrogens is 412 g/mol. The first-order valence-corrected chi connectivity index (χ1v) is 10.5. The van der Waals surface area contributed by atoms with Crippen molar-refractivity contribution in [1.29, 1.82) is 0 Å². The van der Waals surface area contributed by atoms with Gasteiger partial charge in [0.2, 0.25) is 0 Å². The molecular formula is C23H26ClF2NO3. The lowest BCUT2D eigenvalue weighted by Gasteiger charge is -2.36. The van der Waals surface area contributed by atoms with Gasteiger partial charge in [-0.1, -0.05) is 23.7 Å². The van der Waals surface area contributed by atoms with E-state index in [0.717, 1.165) is 6.42 Å². The number of alkyl halides is 1. The smallest absolute Gasteiger partial charge is 0.253 e. The second-order valence-electron chi connectivity index (χ2n) is 7.53. The molecule has 0 atom stereocenters. The SMILES string of the molecule is COc1ccccc1OCCCCC1(F)CCN(C(=O)c2ccc(F)c(Cl)c2)CC1. The zero-order valence-electron chi connectivity index (χ0n) is 17.0. The van der Waals surface area contributed by atoms with Crippen molar-refractivity contribution in [3.63, 3.8) is 0 Å². The highest BCUT2D eigenvalue weighted by molar-refractivity contribution is 6.31. The van der Waals surface area contributed by atoms with E-state index in [1.54, 1.807) is 12.0 Å². The summed E-state index contributed by atoms with van der Waals surface area (Å²) in [6, 6.07) is 11.3. The van der Waals surface area contributed by atoms with E-state index >= 15 is 4.39 Å². The van der Waals surface area contributed by atoms with E-state index < -0.39 is 11.5 Å². The van der Waals surface area contributed by atoms with Crippen LogP contribution in [0.2, 0.25) is 5.02 Å². The highest BCUT2D eigenvalue weighted by atomic mass is 35.5. The summed E-state index contributed by atoms with van der Waals surface area (Å²) < 4.78 is 39.4. The van der Waals surface area contributed by atoms with Crippen LogP contribution in [0.25, 0.3) is 0 Å². The summed E-state index contributed by atoms with van der Waals surface area (Å²) in [5.74, 6) is 0.551. The number of hydrogen-bond acceptors (Lipinski definition) is 3. The maximum atomic E-state index is 15.1. The van der Waals surface area contributed by atoms with Crippen LogP contribution in [0.5, 0.6) is 11.5 Å². The number of amides is 1. The third-order valence-corrected chi connectivity index (χ3v) is 5.75. The number of hydrogen-bond donors (Lipinski definition) is 0. The van der Waals surface area contributed by atoms with Crippen molar-refractivity contribution in [1.82, 2.24) is 4.90 Å². The summed E-state index contributed by atoms with van der Waals surface area (Å²) in [6.45, 7) is 1.16. The summed E-state index contributed by atoms with van der Waals surface area (Å²) in [4.78, 5) is 14.2. The van der Waals surface area contributed by atoms with Gasteiger partial charge in [0.25, 0.3) is 5.91 Å². The minimum Gasteiger partial charge on any atom is -0.493 e. The van der Waals surface area contributed by atoms with Gasteiger partial charge in [0.15, 0.2) is 11.5 Å². The van der Waals surface area contributed by atoms with Crippen molar-refractivity contribution in [2.45, 2.75) is 37.8 Å². The monoisotopic (exact) mass is 437 g/mol. The lowest BCUT2D eigenvalue weighted by molar-refractivity contribution is 0.0382. The zero-order valence-corrected chi connectivity index (χ0v) is 17.8. The van der Waals surface area contributed by atoms with Crippen molar-refractivity contribution in [3.8, 4) is 11.5 Å². The average molecular weight is 438 g/mol. The number of methoxy groups -OCH3 is 1. The molecule has 30 heavy (non-hydrogen) atoms. The van der Waals surface area contributed by atoms with Gasteiger partial charge in [-0.2, -0.15) is 0 Å². The van der Waals surface area contributed by atoms with Crippen molar-refractivity contribution in [3.05, 3.63) is 58.9 Å². The van der Waals surface area contributed by atoms with Crippen molar-refractivity contribution >= 4 is 17.5 Å². The van der Waals surface area contributed by atoms with Gasteiger partial charge in [-0.05, 0) is 62.4 Å². The molecule has 0 saturated carbocycles. The van der Waals surface area contributed by atoms with Crippen LogP contribution in [0.4, 0.5) is 8.78 Å². The highest BCUT2D eigenvalue weighted by Gasteiger charge is 2.35. The number of ether oxygens (including phenoxy) is 2. The van der Waals surface area contributed by atoms with Gasteiger partial charge in [0.1, 0.15) is 11.5 Å². The Kier molecular flexibility index (Phi) is 7.53. The normalized spacial score (nSPS) is 15.7. The molecule has 1 aliphatic rings. The summed E-state index contributed by atoms with van der Waals surface area (Å²) >= 11 is 5.76. The molecule has 162 valence electrons. The molecule has 7 heteroatoms. The third-order valence-electron chi connectivity index (χ3n) is 5.46. The van der Waals surface area contributed by atoms with Crippen LogP contribution >= 0.6 is 11.6 Å². The number of unbranched alkanes of at least 4 members (excludes halogenated alkanes) is 1. The molecule has 0 spiro atoms. The number of piperidine rings is 1. The molecule has 0 aromatic heterocycles. The predicted octanol–water partition coefficient (Wildman–Crippen LogP) is 5.68. The first-order valence-electron chi connectivity index (χ1n) is 10.1. The van der Waals surface area contributed by atoms with Crippen LogP contribution in [-0.2, 0) is 0 Å². The largest absolute Gasteiger partial charge is 0.493 e. The van der Waals surface area contributed by atoms with E-state index in [4.69, 9.17) is 21.1 Å². The van der Waals surface area contributed by atoms with Crippen molar-refractivity contribution in [2.75, 3.05) is 26.8 Å². The van der Waals surface area contributed by atoms with Gasteiger partial charge in [-0.3, -0.25) is 4.79 Å². The van der Waals surface area contributed by atoms with Crippen LogP contribution in [0.1, 0.15) is 42.5 Å². The predicted molar refractivity (Wildman–Crippen MR) is 113 cm³/mol. The third kappa shape index (κ3) is 5.63. The highest BCUT2D eigenvalue weighted by Crippen LogP contribution is 2.33. The number of likely N-dealkylation sites (tertiary alicyclic amines) is 1. The molecule has 1 saturated heterocycles. The Morgan fingerprint density at radius 3 is 2.50 bits per heavy atom. The topological polar surface area (TPSA) is 38.8 Å². The van der Waals surface area contributed by atoms with E-state index in [1.165, 1.54) is 18.2 Å². The Labute approximate surface area is 180 Å². The molecule has 0 bridgehead atoms. The average Bonchev–Trinajstić information content (AvgIpc) is 2.76. The van der Waals surface area contributed by atoms with Gasteiger partial charge < -0.3 is 14.4 Å². The zero-order chi connectivity index (χ0) is 21.6. The Balaban J connectivity index is 1.41. The molecule has 1 amide bonds. The van der Waals surface area contributed by atoms with Crippen LogP contribution in [0.15, 0.2) is 42.5 Å². The lowest BCUT2D eigenvalue weighted by Crippen LogP contribution is -2.44. The van der Waals surface area contributed by atoms with Crippen molar-refractivity contribution in [2.24, 2.45) is 0 Å². The minimum atomic E-state index is -1.28. The Bertz CT molecular complexity index is 869. The molecule has 0 aliphatic carbocycles. The fourth-order valence-corrected chi connectivity index (χ4v) is 3.82. The van der Waals surface area contributed by atoms with E-state index in [-0.39, 0.29) is 10.9 Å². The second kappa shape index (κ2) is 10.1. The molecule has 0 radical (unpaired) electrons. The maximum absolute atomic E-state index is 15.1. The number of para-hydroxylation sites is 2. The quantitative estimate of drug-likeness (QED) is 0.498. The number of rotatable bonds is 8. The van der Waals surface area contributed by atoms with Crippen LogP contribution in [0, 0.1) is 5.82 Å². The molecule has 1 heterocycles. The summed E-state index contributed by atoms with van der Waals surface area (Å²) in [5.41, 5.74) is -0.956. The van der Waals surface area contributed by atoms with Crippen molar-refractivity contribution < 1.29 is 23.0 Å². The summed E-state index contributed by atoms with van der Waals surface area (Å²) in [7, 11) is 1.59. The Hall–Kier alpha value is -2.34.